The molecule has 0 N–H and O–H groups in total. The van der Waals surface area contributed by atoms with E-state index in [1.807, 2.05) is 6.07 Å². The summed E-state index contributed by atoms with van der Waals surface area (Å²) in [6.45, 7) is 0. The number of rotatable bonds is 4. The number of hydrogen-bond donors (Lipinski definition) is 0. The molecule has 24 heavy (non-hydrogen) atoms. The summed E-state index contributed by atoms with van der Waals surface area (Å²) in [5.74, 6) is 0.150. The van der Waals surface area contributed by atoms with E-state index in [2.05, 4.69) is 26.1 Å². The van der Waals surface area contributed by atoms with Crippen LogP contribution in [0.1, 0.15) is 0 Å². The van der Waals surface area contributed by atoms with Crippen LogP contribution in [0, 0.1) is 20.2 Å². The van der Waals surface area contributed by atoms with Crippen molar-refractivity contribution >= 4 is 27.3 Å². The molecule has 3 aromatic rings. The molecule has 0 spiro atoms. The fourth-order valence-electron chi connectivity index (χ4n) is 2.01. The van der Waals surface area contributed by atoms with Gasteiger partial charge in [0.25, 0.3) is 11.4 Å². The second-order valence-electron chi connectivity index (χ2n) is 4.68. The molecular weight excluding hydrogens is 384 g/mol. The zero-order valence-corrected chi connectivity index (χ0v) is 13.3. The van der Waals surface area contributed by atoms with Crippen molar-refractivity contribution < 1.29 is 14.3 Å². The quantitative estimate of drug-likeness (QED) is 0.486. The Morgan fingerprint density at radius 2 is 1.46 bits per heavy atom. The number of nitro benzene ring substituents is 2. The lowest BCUT2D eigenvalue weighted by Crippen LogP contribution is -1.94. The van der Waals surface area contributed by atoms with Gasteiger partial charge in [-0.15, -0.1) is 10.2 Å². The molecule has 0 unspecified atom stereocenters. The molecule has 3 rings (SSSR count). The molecule has 0 aliphatic heterocycles. The summed E-state index contributed by atoms with van der Waals surface area (Å²) in [7, 11) is 0. The predicted molar refractivity (Wildman–Crippen MR) is 86.2 cm³/mol. The minimum absolute atomic E-state index is 0.0447. The van der Waals surface area contributed by atoms with Crippen molar-refractivity contribution in [2.75, 3.05) is 0 Å². The Morgan fingerprint density at radius 1 is 0.875 bits per heavy atom. The molecule has 0 atom stereocenters. The fraction of sp³-hybridized carbons (Fsp3) is 0. The summed E-state index contributed by atoms with van der Waals surface area (Å²) in [6.07, 6.45) is 0. The van der Waals surface area contributed by atoms with Crippen molar-refractivity contribution in [3.05, 3.63) is 67.2 Å². The molecule has 120 valence electrons. The first-order valence-electron chi connectivity index (χ1n) is 6.48. The van der Waals surface area contributed by atoms with E-state index in [0.29, 0.717) is 5.56 Å². The van der Waals surface area contributed by atoms with Gasteiger partial charge < -0.3 is 4.42 Å². The van der Waals surface area contributed by atoms with Gasteiger partial charge in [-0.25, -0.2) is 0 Å². The minimum Gasteiger partial charge on any atom is -0.416 e. The summed E-state index contributed by atoms with van der Waals surface area (Å²) < 4.78 is 6.30. The summed E-state index contributed by atoms with van der Waals surface area (Å²) >= 11 is 3.32. The van der Waals surface area contributed by atoms with E-state index in [4.69, 9.17) is 4.42 Å². The maximum atomic E-state index is 10.9. The summed E-state index contributed by atoms with van der Waals surface area (Å²) in [5, 5.41) is 29.6. The Balaban J connectivity index is 2.06. The Bertz CT molecular complexity index is 924. The lowest BCUT2D eigenvalue weighted by atomic mass is 10.1. The number of halogens is 1. The van der Waals surface area contributed by atoms with Gasteiger partial charge in [-0.05, 0) is 18.2 Å². The van der Waals surface area contributed by atoms with Gasteiger partial charge in [-0.2, -0.15) is 0 Å². The van der Waals surface area contributed by atoms with E-state index in [0.717, 1.165) is 22.7 Å². The van der Waals surface area contributed by atoms with Crippen molar-refractivity contribution in [1.82, 2.24) is 10.2 Å². The molecule has 10 heteroatoms. The van der Waals surface area contributed by atoms with Crippen LogP contribution in [0.5, 0.6) is 0 Å². The monoisotopic (exact) mass is 390 g/mol. The normalized spacial score (nSPS) is 10.5. The third-order valence-corrected chi connectivity index (χ3v) is 3.56. The lowest BCUT2D eigenvalue weighted by Gasteiger charge is -1.98. The van der Waals surface area contributed by atoms with Crippen LogP contribution in [0.25, 0.3) is 22.9 Å². The van der Waals surface area contributed by atoms with Crippen molar-refractivity contribution in [3.8, 4) is 22.9 Å². The molecule has 9 nitrogen and oxygen atoms in total. The fourth-order valence-corrected chi connectivity index (χ4v) is 2.41. The maximum absolute atomic E-state index is 10.9. The van der Waals surface area contributed by atoms with Crippen molar-refractivity contribution in [2.45, 2.75) is 0 Å². The first-order chi connectivity index (χ1) is 11.4. The van der Waals surface area contributed by atoms with Crippen LogP contribution < -0.4 is 0 Å². The zero-order valence-electron chi connectivity index (χ0n) is 11.7. The van der Waals surface area contributed by atoms with Crippen LogP contribution in [-0.2, 0) is 0 Å². The van der Waals surface area contributed by atoms with E-state index >= 15 is 0 Å². The number of aromatic nitrogens is 2. The Labute approximate surface area is 142 Å². The highest BCUT2D eigenvalue weighted by molar-refractivity contribution is 9.10. The van der Waals surface area contributed by atoms with E-state index in [9.17, 15) is 20.2 Å². The van der Waals surface area contributed by atoms with Crippen LogP contribution in [0.2, 0.25) is 0 Å². The van der Waals surface area contributed by atoms with Gasteiger partial charge in [0.2, 0.25) is 11.8 Å². The Kier molecular flexibility index (Phi) is 4.04. The summed E-state index contributed by atoms with van der Waals surface area (Å²) in [5.41, 5.74) is -0.115. The standard InChI is InChI=1S/C14H7BrN4O5/c15-10-3-1-2-8(4-10)13-16-17-14(24-13)9-5-11(18(20)21)7-12(6-9)19(22)23/h1-7H. The topological polar surface area (TPSA) is 125 Å². The van der Waals surface area contributed by atoms with Gasteiger partial charge >= 0.3 is 0 Å². The van der Waals surface area contributed by atoms with Crippen LogP contribution in [0.3, 0.4) is 0 Å². The van der Waals surface area contributed by atoms with Gasteiger partial charge in [0.15, 0.2) is 0 Å². The maximum Gasteiger partial charge on any atom is 0.277 e. The van der Waals surface area contributed by atoms with Gasteiger partial charge in [-0.3, -0.25) is 20.2 Å². The van der Waals surface area contributed by atoms with Crippen LogP contribution in [0.15, 0.2) is 51.4 Å². The predicted octanol–water partition coefficient (Wildman–Crippen LogP) is 3.98. The average Bonchev–Trinajstić information content (AvgIpc) is 3.04. The number of hydrogen-bond acceptors (Lipinski definition) is 7. The SMILES string of the molecule is O=[N+]([O-])c1cc(-c2nnc(-c3cccc(Br)c3)o2)cc([N+](=O)[O-])c1. The molecule has 1 aromatic heterocycles. The number of nitrogens with zero attached hydrogens (tertiary/aromatic N) is 4. The van der Waals surface area contributed by atoms with Gasteiger partial charge in [0, 0.05) is 22.2 Å². The summed E-state index contributed by atoms with van der Waals surface area (Å²) in [4.78, 5) is 20.4. The van der Waals surface area contributed by atoms with Crippen molar-refractivity contribution in [3.63, 3.8) is 0 Å². The zero-order chi connectivity index (χ0) is 17.3. The smallest absolute Gasteiger partial charge is 0.277 e. The first kappa shape index (κ1) is 15.7. The van der Waals surface area contributed by atoms with Gasteiger partial charge in [-0.1, -0.05) is 22.0 Å². The lowest BCUT2D eigenvalue weighted by molar-refractivity contribution is -0.394. The average molecular weight is 391 g/mol. The van der Waals surface area contributed by atoms with E-state index in [1.54, 1.807) is 18.2 Å². The Morgan fingerprint density at radius 3 is 2.00 bits per heavy atom. The largest absolute Gasteiger partial charge is 0.416 e. The summed E-state index contributed by atoms with van der Waals surface area (Å²) in [6, 6.07) is 10.3. The third-order valence-electron chi connectivity index (χ3n) is 3.07. The molecule has 0 amide bonds. The molecule has 0 saturated carbocycles. The Hall–Kier alpha value is -3.14. The van der Waals surface area contributed by atoms with E-state index < -0.39 is 21.2 Å². The molecule has 0 saturated heterocycles. The highest BCUT2D eigenvalue weighted by Crippen LogP contribution is 2.31. The van der Waals surface area contributed by atoms with Crippen molar-refractivity contribution in [2.24, 2.45) is 0 Å². The van der Waals surface area contributed by atoms with Crippen LogP contribution in [-0.4, -0.2) is 20.0 Å². The van der Waals surface area contributed by atoms with E-state index in [1.165, 1.54) is 0 Å². The highest BCUT2D eigenvalue weighted by Gasteiger charge is 2.20. The van der Waals surface area contributed by atoms with Gasteiger partial charge in [0.05, 0.1) is 21.5 Å². The molecule has 0 fully saturated rings. The highest BCUT2D eigenvalue weighted by atomic mass is 79.9. The molecule has 0 aliphatic rings. The molecule has 0 bridgehead atoms. The molecular formula is C14H7BrN4O5. The van der Waals surface area contributed by atoms with E-state index in [-0.39, 0.29) is 17.3 Å². The van der Waals surface area contributed by atoms with Crippen molar-refractivity contribution in [1.29, 1.82) is 0 Å². The molecule has 0 aliphatic carbocycles. The second-order valence-corrected chi connectivity index (χ2v) is 5.59. The number of nitro groups is 2. The minimum atomic E-state index is -0.720. The molecule has 0 radical (unpaired) electrons. The first-order valence-corrected chi connectivity index (χ1v) is 7.27. The van der Waals surface area contributed by atoms with Gasteiger partial charge in [0.1, 0.15) is 0 Å². The van der Waals surface area contributed by atoms with Crippen LogP contribution in [0.4, 0.5) is 11.4 Å². The third kappa shape index (κ3) is 3.13. The molecule has 2 aromatic carbocycles. The molecule has 1 heterocycles. The second kappa shape index (κ2) is 6.16. The number of non-ortho nitro benzene ring substituents is 2. The number of benzene rings is 2. The van der Waals surface area contributed by atoms with Crippen LogP contribution >= 0.6 is 15.9 Å².